The minimum Gasteiger partial charge on any atom is -0.247 e. The van der Waals surface area contributed by atoms with Crippen LogP contribution >= 0.6 is 0 Å². The molecule has 0 aromatic carbocycles. The van der Waals surface area contributed by atoms with Gasteiger partial charge in [-0.3, -0.25) is 0 Å². The van der Waals surface area contributed by atoms with Gasteiger partial charge in [0.15, 0.2) is 0 Å². The van der Waals surface area contributed by atoms with E-state index in [1.54, 1.807) is 0 Å². The fourth-order valence-corrected chi connectivity index (χ4v) is 5.39. The van der Waals surface area contributed by atoms with Crippen LogP contribution in [-0.4, -0.2) is 12.3 Å². The Labute approximate surface area is 129 Å². The molecular weight excluding hydrogens is 266 g/mol. The van der Waals surface area contributed by atoms with E-state index >= 15 is 0 Å². The Morgan fingerprint density at radius 1 is 0.619 bits per heavy atom. The van der Waals surface area contributed by atoms with Gasteiger partial charge in [-0.1, -0.05) is 19.8 Å². The van der Waals surface area contributed by atoms with Gasteiger partial charge in [-0.25, -0.2) is 8.78 Å². The molecule has 0 aliphatic heterocycles. The van der Waals surface area contributed by atoms with Crippen LogP contribution in [0.25, 0.3) is 0 Å². The van der Waals surface area contributed by atoms with Gasteiger partial charge in [0.05, 0.1) is 0 Å². The number of alkyl halides is 2. The van der Waals surface area contributed by atoms with Crippen molar-refractivity contribution in [2.45, 2.75) is 89.9 Å². The van der Waals surface area contributed by atoms with E-state index in [1.165, 1.54) is 32.1 Å². The van der Waals surface area contributed by atoms with E-state index in [0.717, 1.165) is 37.5 Å². The predicted molar refractivity (Wildman–Crippen MR) is 83.7 cm³/mol. The predicted octanol–water partition coefficient (Wildman–Crippen LogP) is 6.10. The first-order valence-corrected chi connectivity index (χ1v) is 9.41. The smallest absolute Gasteiger partial charge is 0.103 e. The summed E-state index contributed by atoms with van der Waals surface area (Å²) >= 11 is 0. The zero-order valence-corrected chi connectivity index (χ0v) is 13.6. The third-order valence-electron chi connectivity index (χ3n) is 6.90. The molecule has 3 atom stereocenters. The van der Waals surface area contributed by atoms with Crippen molar-refractivity contribution in [2.24, 2.45) is 29.6 Å². The highest BCUT2D eigenvalue weighted by Gasteiger charge is 2.39. The zero-order valence-electron chi connectivity index (χ0n) is 13.6. The SMILES string of the molecule is CC1CCC(C2CCC(C3CCC(F)CC3)C(F)C2)CC1. The first kappa shape index (κ1) is 15.7. The molecule has 3 unspecified atom stereocenters. The summed E-state index contributed by atoms with van der Waals surface area (Å²) in [5, 5.41) is 0. The zero-order chi connectivity index (χ0) is 14.8. The van der Waals surface area contributed by atoms with Crippen LogP contribution in [0.5, 0.6) is 0 Å². The Bertz CT molecular complexity index is 314. The third-order valence-corrected chi connectivity index (χ3v) is 6.90. The molecule has 3 fully saturated rings. The third kappa shape index (κ3) is 3.79. The van der Waals surface area contributed by atoms with E-state index < -0.39 is 12.3 Å². The summed E-state index contributed by atoms with van der Waals surface area (Å²) in [6, 6.07) is 0. The van der Waals surface area contributed by atoms with E-state index in [-0.39, 0.29) is 5.92 Å². The van der Waals surface area contributed by atoms with Crippen LogP contribution in [0.2, 0.25) is 0 Å². The molecule has 0 aromatic rings. The van der Waals surface area contributed by atoms with Crippen molar-refractivity contribution in [1.82, 2.24) is 0 Å². The average Bonchev–Trinajstić information content (AvgIpc) is 2.49. The Morgan fingerprint density at radius 2 is 1.19 bits per heavy atom. The maximum absolute atomic E-state index is 14.7. The molecule has 3 aliphatic rings. The lowest BCUT2D eigenvalue weighted by Gasteiger charge is -2.42. The molecule has 0 radical (unpaired) electrons. The minimum absolute atomic E-state index is 0.247. The van der Waals surface area contributed by atoms with Gasteiger partial charge in [0.25, 0.3) is 0 Å². The number of halogens is 2. The number of hydrogen-bond donors (Lipinski definition) is 0. The van der Waals surface area contributed by atoms with Crippen LogP contribution in [0.15, 0.2) is 0 Å². The van der Waals surface area contributed by atoms with Crippen molar-refractivity contribution in [1.29, 1.82) is 0 Å². The highest BCUT2D eigenvalue weighted by atomic mass is 19.1. The van der Waals surface area contributed by atoms with Gasteiger partial charge >= 0.3 is 0 Å². The fraction of sp³-hybridized carbons (Fsp3) is 1.00. The topological polar surface area (TPSA) is 0 Å². The first-order valence-electron chi connectivity index (χ1n) is 9.41. The van der Waals surface area contributed by atoms with E-state index in [1.807, 2.05) is 0 Å². The molecule has 0 nitrogen and oxygen atoms in total. The van der Waals surface area contributed by atoms with Crippen molar-refractivity contribution in [3.8, 4) is 0 Å². The minimum atomic E-state index is -0.611. The van der Waals surface area contributed by atoms with Gasteiger partial charge in [0.2, 0.25) is 0 Å². The molecule has 3 rings (SSSR count). The van der Waals surface area contributed by atoms with Crippen LogP contribution in [0.4, 0.5) is 8.78 Å². The normalized spacial score (nSPS) is 49.0. The van der Waals surface area contributed by atoms with Gasteiger partial charge in [0, 0.05) is 0 Å². The quantitative estimate of drug-likeness (QED) is 0.578. The Hall–Kier alpha value is -0.140. The summed E-state index contributed by atoms with van der Waals surface area (Å²) in [6.45, 7) is 2.35. The van der Waals surface area contributed by atoms with E-state index in [9.17, 15) is 8.78 Å². The molecule has 0 N–H and O–H groups in total. The number of rotatable bonds is 2. The molecule has 0 aromatic heterocycles. The summed E-state index contributed by atoms with van der Waals surface area (Å²) in [6.07, 6.45) is 10.5. The van der Waals surface area contributed by atoms with Crippen molar-refractivity contribution >= 4 is 0 Å². The highest BCUT2D eigenvalue weighted by molar-refractivity contribution is 4.89. The monoisotopic (exact) mass is 298 g/mol. The van der Waals surface area contributed by atoms with Gasteiger partial charge in [-0.15, -0.1) is 0 Å². The molecule has 21 heavy (non-hydrogen) atoms. The molecule has 0 spiro atoms. The first-order chi connectivity index (χ1) is 10.1. The summed E-state index contributed by atoms with van der Waals surface area (Å²) in [5.41, 5.74) is 0. The Balaban J connectivity index is 1.50. The molecule has 122 valence electrons. The van der Waals surface area contributed by atoms with Gasteiger partial charge in [0.1, 0.15) is 12.3 Å². The van der Waals surface area contributed by atoms with Crippen LogP contribution in [-0.2, 0) is 0 Å². The Kier molecular flexibility index (Phi) is 5.22. The highest BCUT2D eigenvalue weighted by Crippen LogP contribution is 2.46. The van der Waals surface area contributed by atoms with Gasteiger partial charge in [-0.05, 0) is 87.4 Å². The van der Waals surface area contributed by atoms with Crippen molar-refractivity contribution in [2.75, 3.05) is 0 Å². The molecule has 2 heteroatoms. The molecule has 0 amide bonds. The molecule has 3 aliphatic carbocycles. The lowest BCUT2D eigenvalue weighted by Crippen LogP contribution is -2.36. The maximum Gasteiger partial charge on any atom is 0.103 e. The largest absolute Gasteiger partial charge is 0.247 e. The second-order valence-corrected chi connectivity index (χ2v) is 8.28. The molecule has 0 bridgehead atoms. The molecule has 3 saturated carbocycles. The van der Waals surface area contributed by atoms with E-state index in [4.69, 9.17) is 0 Å². The lowest BCUT2D eigenvalue weighted by molar-refractivity contribution is 0.0310. The second-order valence-electron chi connectivity index (χ2n) is 8.28. The van der Waals surface area contributed by atoms with E-state index in [0.29, 0.717) is 24.7 Å². The van der Waals surface area contributed by atoms with Crippen molar-refractivity contribution in [3.63, 3.8) is 0 Å². The standard InChI is InChI=1S/C19H32F2/c1-13-2-4-14(5-3-13)16-8-11-18(19(21)12-16)15-6-9-17(20)10-7-15/h13-19H,2-12H2,1H3. The van der Waals surface area contributed by atoms with Gasteiger partial charge < -0.3 is 0 Å². The number of hydrogen-bond acceptors (Lipinski definition) is 0. The summed E-state index contributed by atoms with van der Waals surface area (Å²) < 4.78 is 28.0. The van der Waals surface area contributed by atoms with Crippen molar-refractivity contribution < 1.29 is 8.78 Å². The second kappa shape index (κ2) is 6.96. The lowest BCUT2D eigenvalue weighted by atomic mass is 9.65. The average molecular weight is 298 g/mol. The molecular formula is C19H32F2. The maximum atomic E-state index is 14.7. The summed E-state index contributed by atoms with van der Waals surface area (Å²) in [4.78, 5) is 0. The summed E-state index contributed by atoms with van der Waals surface area (Å²) in [5.74, 6) is 3.04. The van der Waals surface area contributed by atoms with E-state index in [2.05, 4.69) is 6.92 Å². The van der Waals surface area contributed by atoms with Crippen molar-refractivity contribution in [3.05, 3.63) is 0 Å². The van der Waals surface area contributed by atoms with Crippen LogP contribution in [0.1, 0.15) is 77.6 Å². The van der Waals surface area contributed by atoms with Gasteiger partial charge in [-0.2, -0.15) is 0 Å². The van der Waals surface area contributed by atoms with Crippen LogP contribution in [0, 0.1) is 29.6 Å². The van der Waals surface area contributed by atoms with Crippen LogP contribution in [0.3, 0.4) is 0 Å². The molecule has 0 heterocycles. The Morgan fingerprint density at radius 3 is 1.81 bits per heavy atom. The molecule has 0 saturated heterocycles. The summed E-state index contributed by atoms with van der Waals surface area (Å²) in [7, 11) is 0. The fourth-order valence-electron chi connectivity index (χ4n) is 5.39. The van der Waals surface area contributed by atoms with Crippen LogP contribution < -0.4 is 0 Å².